The SMILES string of the molecule is CCN(Cc1cc(CNC2CC2)oc1C)CC1CCC1. The molecule has 112 valence electrons. The van der Waals surface area contributed by atoms with Crippen molar-refractivity contribution in [1.82, 2.24) is 10.2 Å². The molecule has 2 aliphatic carbocycles. The Hall–Kier alpha value is -0.800. The lowest BCUT2D eigenvalue weighted by Crippen LogP contribution is -2.32. The van der Waals surface area contributed by atoms with Crippen LogP contribution in [0.25, 0.3) is 0 Å². The van der Waals surface area contributed by atoms with Crippen LogP contribution in [0.3, 0.4) is 0 Å². The van der Waals surface area contributed by atoms with E-state index in [0.717, 1.165) is 43.1 Å². The van der Waals surface area contributed by atoms with E-state index in [9.17, 15) is 0 Å². The highest BCUT2D eigenvalue weighted by Crippen LogP contribution is 2.28. The first-order chi connectivity index (χ1) is 9.74. The molecule has 2 aliphatic rings. The van der Waals surface area contributed by atoms with Gasteiger partial charge in [-0.1, -0.05) is 13.3 Å². The Kier molecular flexibility index (Phi) is 4.47. The van der Waals surface area contributed by atoms with Crippen molar-refractivity contribution in [1.29, 1.82) is 0 Å². The number of hydrogen-bond acceptors (Lipinski definition) is 3. The van der Waals surface area contributed by atoms with E-state index < -0.39 is 0 Å². The predicted molar refractivity (Wildman–Crippen MR) is 81.6 cm³/mol. The van der Waals surface area contributed by atoms with Crippen LogP contribution in [0.4, 0.5) is 0 Å². The molecule has 0 saturated heterocycles. The first-order valence-corrected chi connectivity index (χ1v) is 8.28. The Labute approximate surface area is 122 Å². The van der Waals surface area contributed by atoms with Crippen molar-refractivity contribution in [2.45, 2.75) is 65.1 Å². The quantitative estimate of drug-likeness (QED) is 0.788. The smallest absolute Gasteiger partial charge is 0.118 e. The van der Waals surface area contributed by atoms with Crippen molar-refractivity contribution in [3.8, 4) is 0 Å². The second kappa shape index (κ2) is 6.31. The third kappa shape index (κ3) is 3.64. The molecule has 1 aromatic rings. The zero-order valence-corrected chi connectivity index (χ0v) is 13.0. The second-order valence-corrected chi connectivity index (χ2v) is 6.57. The van der Waals surface area contributed by atoms with Crippen LogP contribution >= 0.6 is 0 Å². The molecular weight excluding hydrogens is 248 g/mol. The molecule has 2 fully saturated rings. The molecule has 0 aromatic carbocycles. The Morgan fingerprint density at radius 2 is 2.10 bits per heavy atom. The van der Waals surface area contributed by atoms with Gasteiger partial charge in [-0.25, -0.2) is 0 Å². The van der Waals surface area contributed by atoms with Crippen LogP contribution in [-0.4, -0.2) is 24.0 Å². The number of nitrogens with zero attached hydrogens (tertiary/aromatic N) is 1. The lowest BCUT2D eigenvalue weighted by atomic mass is 9.85. The van der Waals surface area contributed by atoms with E-state index in [0.29, 0.717) is 0 Å². The number of hydrogen-bond donors (Lipinski definition) is 1. The van der Waals surface area contributed by atoms with E-state index in [2.05, 4.69) is 30.1 Å². The summed E-state index contributed by atoms with van der Waals surface area (Å²) in [5.41, 5.74) is 1.37. The third-order valence-corrected chi connectivity index (χ3v) is 4.80. The second-order valence-electron chi connectivity index (χ2n) is 6.57. The molecule has 0 aliphatic heterocycles. The highest BCUT2D eigenvalue weighted by atomic mass is 16.3. The summed E-state index contributed by atoms with van der Waals surface area (Å²) in [5, 5.41) is 3.52. The molecule has 1 N–H and O–H groups in total. The van der Waals surface area contributed by atoms with E-state index >= 15 is 0 Å². The fourth-order valence-electron chi connectivity index (χ4n) is 2.95. The van der Waals surface area contributed by atoms with Crippen LogP contribution in [0.2, 0.25) is 0 Å². The van der Waals surface area contributed by atoms with E-state index in [1.807, 2.05) is 0 Å². The molecule has 0 amide bonds. The van der Waals surface area contributed by atoms with E-state index in [4.69, 9.17) is 4.42 Å². The summed E-state index contributed by atoms with van der Waals surface area (Å²) < 4.78 is 5.89. The molecule has 20 heavy (non-hydrogen) atoms. The summed E-state index contributed by atoms with van der Waals surface area (Å²) in [5.74, 6) is 3.15. The van der Waals surface area contributed by atoms with Crippen LogP contribution in [0.5, 0.6) is 0 Å². The third-order valence-electron chi connectivity index (χ3n) is 4.80. The van der Waals surface area contributed by atoms with Crippen LogP contribution in [0, 0.1) is 12.8 Å². The number of furan rings is 1. The average Bonchev–Trinajstić information content (AvgIpc) is 3.15. The van der Waals surface area contributed by atoms with Crippen molar-refractivity contribution in [2.75, 3.05) is 13.1 Å². The highest BCUT2D eigenvalue weighted by molar-refractivity contribution is 5.21. The zero-order chi connectivity index (χ0) is 13.9. The normalized spacial score (nSPS) is 19.6. The van der Waals surface area contributed by atoms with E-state index in [-0.39, 0.29) is 0 Å². The number of aryl methyl sites for hydroxylation is 1. The van der Waals surface area contributed by atoms with Crippen molar-refractivity contribution in [2.24, 2.45) is 5.92 Å². The minimum Gasteiger partial charge on any atom is -0.465 e. The Morgan fingerprint density at radius 1 is 1.30 bits per heavy atom. The van der Waals surface area contributed by atoms with Gasteiger partial charge < -0.3 is 9.73 Å². The van der Waals surface area contributed by atoms with Crippen LogP contribution in [0.1, 0.15) is 56.1 Å². The fourth-order valence-corrected chi connectivity index (χ4v) is 2.95. The van der Waals surface area contributed by atoms with Gasteiger partial charge in [-0.15, -0.1) is 0 Å². The minimum atomic E-state index is 0.745. The van der Waals surface area contributed by atoms with Gasteiger partial charge in [0.25, 0.3) is 0 Å². The van der Waals surface area contributed by atoms with Gasteiger partial charge in [0.1, 0.15) is 11.5 Å². The maximum Gasteiger partial charge on any atom is 0.118 e. The van der Waals surface area contributed by atoms with Gasteiger partial charge in [0.15, 0.2) is 0 Å². The topological polar surface area (TPSA) is 28.4 Å². The molecule has 3 rings (SSSR count). The maximum atomic E-state index is 5.89. The molecule has 0 atom stereocenters. The molecule has 0 unspecified atom stereocenters. The minimum absolute atomic E-state index is 0.745. The number of rotatable bonds is 8. The van der Waals surface area contributed by atoms with Gasteiger partial charge in [-0.3, -0.25) is 4.90 Å². The molecule has 1 heterocycles. The molecule has 0 radical (unpaired) electrons. The molecule has 3 nitrogen and oxygen atoms in total. The molecular formula is C17H28N2O. The van der Waals surface area contributed by atoms with Gasteiger partial charge in [0, 0.05) is 24.7 Å². The Bertz CT molecular complexity index is 432. The summed E-state index contributed by atoms with van der Waals surface area (Å²) in [6, 6.07) is 3.00. The Balaban J connectivity index is 1.53. The molecule has 1 aromatic heterocycles. The molecule has 0 bridgehead atoms. The van der Waals surface area contributed by atoms with Crippen LogP contribution < -0.4 is 5.32 Å². The van der Waals surface area contributed by atoms with Crippen LogP contribution in [-0.2, 0) is 13.1 Å². The lowest BCUT2D eigenvalue weighted by molar-refractivity contribution is 0.177. The molecule has 0 spiro atoms. The zero-order valence-electron chi connectivity index (χ0n) is 13.0. The fraction of sp³-hybridized carbons (Fsp3) is 0.765. The molecule has 3 heteroatoms. The van der Waals surface area contributed by atoms with Gasteiger partial charge >= 0.3 is 0 Å². The summed E-state index contributed by atoms with van der Waals surface area (Å²) in [6.07, 6.45) is 6.95. The van der Waals surface area contributed by atoms with E-state index in [1.54, 1.807) is 0 Å². The van der Waals surface area contributed by atoms with E-state index in [1.165, 1.54) is 44.2 Å². The average molecular weight is 276 g/mol. The lowest BCUT2D eigenvalue weighted by Gasteiger charge is -2.31. The predicted octanol–water partition coefficient (Wildman–Crippen LogP) is 3.46. The van der Waals surface area contributed by atoms with Crippen molar-refractivity contribution < 1.29 is 4.42 Å². The first-order valence-electron chi connectivity index (χ1n) is 8.28. The van der Waals surface area contributed by atoms with Crippen molar-refractivity contribution in [3.05, 3.63) is 23.2 Å². The summed E-state index contributed by atoms with van der Waals surface area (Å²) >= 11 is 0. The van der Waals surface area contributed by atoms with Gasteiger partial charge in [-0.2, -0.15) is 0 Å². The molecule has 2 saturated carbocycles. The summed E-state index contributed by atoms with van der Waals surface area (Å²) in [6.45, 7) is 8.70. The largest absolute Gasteiger partial charge is 0.465 e. The summed E-state index contributed by atoms with van der Waals surface area (Å²) in [7, 11) is 0. The number of nitrogens with one attached hydrogen (secondary N) is 1. The van der Waals surface area contributed by atoms with Crippen LogP contribution in [0.15, 0.2) is 10.5 Å². The summed E-state index contributed by atoms with van der Waals surface area (Å²) in [4.78, 5) is 2.57. The van der Waals surface area contributed by atoms with Gasteiger partial charge in [0.2, 0.25) is 0 Å². The van der Waals surface area contributed by atoms with Crippen molar-refractivity contribution >= 4 is 0 Å². The van der Waals surface area contributed by atoms with Gasteiger partial charge in [-0.05, 0) is 51.1 Å². The highest BCUT2D eigenvalue weighted by Gasteiger charge is 2.22. The Morgan fingerprint density at radius 3 is 2.70 bits per heavy atom. The van der Waals surface area contributed by atoms with Gasteiger partial charge in [0.05, 0.1) is 6.54 Å². The first kappa shape index (κ1) is 14.2. The van der Waals surface area contributed by atoms with Crippen molar-refractivity contribution in [3.63, 3.8) is 0 Å². The maximum absolute atomic E-state index is 5.89. The standard InChI is InChI=1S/C17H28N2O/c1-3-19(11-14-5-4-6-14)12-15-9-17(20-13(15)2)10-18-16-7-8-16/h9,14,16,18H,3-8,10-12H2,1-2H3. The monoisotopic (exact) mass is 276 g/mol.